The molecule has 3 nitrogen and oxygen atoms in total. The highest BCUT2D eigenvalue weighted by atomic mass is 127. The Morgan fingerprint density at radius 1 is 1.31 bits per heavy atom. The van der Waals surface area contributed by atoms with Crippen LogP contribution in [0.25, 0.3) is 11.5 Å². The zero-order chi connectivity index (χ0) is 9.26. The Morgan fingerprint density at radius 2 is 2.08 bits per heavy atom. The molecule has 0 radical (unpaired) electrons. The van der Waals surface area contributed by atoms with Gasteiger partial charge in [0, 0.05) is 28.2 Å². The van der Waals surface area contributed by atoms with Gasteiger partial charge in [0.25, 0.3) is 5.89 Å². The molecule has 0 aliphatic heterocycles. The zero-order valence-corrected chi connectivity index (χ0v) is 9.15. The number of hydrogen-bond donors (Lipinski definition) is 0. The molecule has 4 heteroatoms. The molecule has 2 rings (SSSR count). The van der Waals surface area contributed by atoms with E-state index in [0.717, 1.165) is 11.1 Å². The van der Waals surface area contributed by atoms with Gasteiger partial charge < -0.3 is 4.52 Å². The van der Waals surface area contributed by atoms with Gasteiger partial charge in [-0.2, -0.15) is 4.98 Å². The maximum absolute atomic E-state index is 5.06. The SMILES string of the molecule is Cc1ccccc1-c1nc(I)no1. The van der Waals surface area contributed by atoms with Crippen molar-refractivity contribution < 1.29 is 4.52 Å². The van der Waals surface area contributed by atoms with Gasteiger partial charge in [-0.1, -0.05) is 23.4 Å². The quantitative estimate of drug-likeness (QED) is 0.756. The summed E-state index contributed by atoms with van der Waals surface area (Å²) in [5.41, 5.74) is 2.14. The maximum atomic E-state index is 5.06. The zero-order valence-electron chi connectivity index (χ0n) is 6.99. The summed E-state index contributed by atoms with van der Waals surface area (Å²) in [7, 11) is 0. The smallest absolute Gasteiger partial charge is 0.258 e. The summed E-state index contributed by atoms with van der Waals surface area (Å²) in [4.78, 5) is 4.15. The molecule has 1 heterocycles. The van der Waals surface area contributed by atoms with Gasteiger partial charge in [0.1, 0.15) is 0 Å². The van der Waals surface area contributed by atoms with Crippen LogP contribution in [0.2, 0.25) is 0 Å². The predicted octanol–water partition coefficient (Wildman–Crippen LogP) is 2.65. The molecule has 0 saturated heterocycles. The second kappa shape index (κ2) is 3.45. The maximum Gasteiger partial charge on any atom is 0.258 e. The molecule has 0 aliphatic rings. The first-order valence-electron chi connectivity index (χ1n) is 3.82. The molecule has 1 aromatic heterocycles. The minimum absolute atomic E-state index is 0.586. The molecule has 0 saturated carbocycles. The van der Waals surface area contributed by atoms with Crippen molar-refractivity contribution in [3.8, 4) is 11.5 Å². The van der Waals surface area contributed by atoms with Gasteiger partial charge in [0.15, 0.2) is 0 Å². The van der Waals surface area contributed by atoms with E-state index >= 15 is 0 Å². The molecule has 0 spiro atoms. The monoisotopic (exact) mass is 286 g/mol. The van der Waals surface area contributed by atoms with E-state index in [1.807, 2.05) is 53.8 Å². The number of hydrogen-bond acceptors (Lipinski definition) is 3. The molecule has 0 fully saturated rings. The largest absolute Gasteiger partial charge is 0.333 e. The molecule has 2 aromatic rings. The van der Waals surface area contributed by atoms with Crippen molar-refractivity contribution in [2.45, 2.75) is 6.92 Å². The minimum atomic E-state index is 0.586. The lowest BCUT2D eigenvalue weighted by Gasteiger charge is -1.97. The van der Waals surface area contributed by atoms with Crippen LogP contribution in [-0.4, -0.2) is 10.1 Å². The second-order valence-electron chi connectivity index (χ2n) is 2.68. The molecule has 13 heavy (non-hydrogen) atoms. The summed E-state index contributed by atoms with van der Waals surface area (Å²) in [5, 5.41) is 3.73. The minimum Gasteiger partial charge on any atom is -0.333 e. The Balaban J connectivity index is 2.52. The fourth-order valence-corrected chi connectivity index (χ4v) is 1.45. The molecule has 1 aromatic carbocycles. The van der Waals surface area contributed by atoms with E-state index in [1.165, 1.54) is 0 Å². The van der Waals surface area contributed by atoms with E-state index in [-0.39, 0.29) is 0 Å². The fourth-order valence-electron chi connectivity index (χ4n) is 1.13. The molecule has 0 unspecified atom stereocenters. The van der Waals surface area contributed by atoms with E-state index in [1.54, 1.807) is 0 Å². The van der Waals surface area contributed by atoms with Crippen LogP contribution in [0.1, 0.15) is 5.56 Å². The van der Waals surface area contributed by atoms with Crippen molar-refractivity contribution in [2.24, 2.45) is 0 Å². The van der Waals surface area contributed by atoms with E-state index < -0.39 is 0 Å². The molecule has 66 valence electrons. The van der Waals surface area contributed by atoms with Crippen molar-refractivity contribution in [3.63, 3.8) is 0 Å². The number of halogens is 1. The summed E-state index contributed by atoms with van der Waals surface area (Å²) >= 11 is 2.02. The molecular weight excluding hydrogens is 279 g/mol. The molecule has 0 N–H and O–H groups in total. The van der Waals surface area contributed by atoms with E-state index in [9.17, 15) is 0 Å². The summed E-state index contributed by atoms with van der Waals surface area (Å²) in [5.74, 6) is 0.586. The van der Waals surface area contributed by atoms with Crippen LogP contribution in [-0.2, 0) is 0 Å². The molecular formula is C9H7IN2O. The molecule has 0 bridgehead atoms. The number of nitrogens with zero attached hydrogens (tertiary/aromatic N) is 2. The van der Waals surface area contributed by atoms with Crippen LogP contribution in [0.4, 0.5) is 0 Å². The Bertz CT molecular complexity index is 425. The number of benzene rings is 1. The van der Waals surface area contributed by atoms with E-state index in [0.29, 0.717) is 9.72 Å². The third-order valence-electron chi connectivity index (χ3n) is 1.78. The summed E-state index contributed by atoms with van der Waals surface area (Å²) in [6.07, 6.45) is 0. The van der Waals surface area contributed by atoms with Crippen LogP contribution in [0, 0.1) is 10.8 Å². The van der Waals surface area contributed by atoms with Crippen LogP contribution in [0.5, 0.6) is 0 Å². The Labute approximate surface area is 89.3 Å². The lowest BCUT2D eigenvalue weighted by Crippen LogP contribution is -1.81. The topological polar surface area (TPSA) is 38.9 Å². The van der Waals surface area contributed by atoms with Crippen molar-refractivity contribution >= 4 is 22.6 Å². The highest BCUT2D eigenvalue weighted by Gasteiger charge is 2.07. The highest BCUT2D eigenvalue weighted by molar-refractivity contribution is 14.1. The molecule has 0 amide bonds. The average Bonchev–Trinajstić information content (AvgIpc) is 2.53. The van der Waals surface area contributed by atoms with Crippen LogP contribution < -0.4 is 0 Å². The number of rotatable bonds is 1. The van der Waals surface area contributed by atoms with Crippen molar-refractivity contribution in [1.82, 2.24) is 10.1 Å². The molecule has 0 aliphatic carbocycles. The van der Waals surface area contributed by atoms with Crippen molar-refractivity contribution in [2.75, 3.05) is 0 Å². The van der Waals surface area contributed by atoms with Crippen molar-refractivity contribution in [3.05, 3.63) is 33.7 Å². The number of aromatic nitrogens is 2. The second-order valence-corrected chi connectivity index (χ2v) is 3.65. The Morgan fingerprint density at radius 3 is 2.69 bits per heavy atom. The normalized spacial score (nSPS) is 10.3. The summed E-state index contributed by atoms with van der Waals surface area (Å²) in [6, 6.07) is 7.94. The Hall–Kier alpha value is -0.910. The van der Waals surface area contributed by atoms with Gasteiger partial charge >= 0.3 is 0 Å². The summed E-state index contributed by atoms with van der Waals surface area (Å²) in [6.45, 7) is 2.02. The van der Waals surface area contributed by atoms with E-state index in [2.05, 4.69) is 10.1 Å². The number of aryl methyl sites for hydroxylation is 1. The van der Waals surface area contributed by atoms with E-state index in [4.69, 9.17) is 4.52 Å². The van der Waals surface area contributed by atoms with Crippen LogP contribution >= 0.6 is 22.6 Å². The van der Waals surface area contributed by atoms with Gasteiger partial charge in [-0.25, -0.2) is 0 Å². The van der Waals surface area contributed by atoms with Gasteiger partial charge in [0.2, 0.25) is 3.83 Å². The van der Waals surface area contributed by atoms with Gasteiger partial charge in [-0.05, 0) is 18.6 Å². The standard InChI is InChI=1S/C9H7IN2O/c1-6-4-2-3-5-7(6)8-11-9(10)12-13-8/h2-5H,1H3. The first kappa shape index (κ1) is 8.68. The van der Waals surface area contributed by atoms with Gasteiger partial charge in [-0.15, -0.1) is 0 Å². The van der Waals surface area contributed by atoms with Gasteiger partial charge in [-0.3, -0.25) is 0 Å². The fraction of sp³-hybridized carbons (Fsp3) is 0.111. The van der Waals surface area contributed by atoms with Crippen LogP contribution in [0.15, 0.2) is 28.8 Å². The average molecular weight is 286 g/mol. The molecule has 0 atom stereocenters. The van der Waals surface area contributed by atoms with Crippen LogP contribution in [0.3, 0.4) is 0 Å². The van der Waals surface area contributed by atoms with Crippen molar-refractivity contribution in [1.29, 1.82) is 0 Å². The lowest BCUT2D eigenvalue weighted by molar-refractivity contribution is 0.425. The predicted molar refractivity (Wildman–Crippen MR) is 57.2 cm³/mol. The third kappa shape index (κ3) is 1.72. The third-order valence-corrected chi connectivity index (χ3v) is 2.21. The summed E-state index contributed by atoms with van der Waals surface area (Å²) < 4.78 is 5.70. The Kier molecular flexibility index (Phi) is 2.30. The lowest BCUT2D eigenvalue weighted by atomic mass is 10.1. The first-order chi connectivity index (χ1) is 6.27. The van der Waals surface area contributed by atoms with Gasteiger partial charge in [0.05, 0.1) is 0 Å². The highest BCUT2D eigenvalue weighted by Crippen LogP contribution is 2.20. The first-order valence-corrected chi connectivity index (χ1v) is 4.90.